The van der Waals surface area contributed by atoms with E-state index in [0.717, 1.165) is 80.3 Å². The molecule has 3 aliphatic heterocycles. The number of rotatable bonds is 6. The topological polar surface area (TPSA) is 69.6 Å². The van der Waals surface area contributed by atoms with Gasteiger partial charge in [0.15, 0.2) is 0 Å². The van der Waals surface area contributed by atoms with Crippen LogP contribution in [0.15, 0.2) is 30.3 Å². The first-order valence-corrected chi connectivity index (χ1v) is 12.3. The molecule has 1 aromatic carbocycles. The van der Waals surface area contributed by atoms with Gasteiger partial charge in [0.2, 0.25) is 11.8 Å². The summed E-state index contributed by atoms with van der Waals surface area (Å²) in [6.07, 6.45) is 6.18. The molecule has 3 aliphatic rings. The van der Waals surface area contributed by atoms with Crippen LogP contribution in [-0.4, -0.2) is 57.8 Å². The first-order valence-electron chi connectivity index (χ1n) is 12.3. The highest BCUT2D eigenvalue weighted by molar-refractivity contribution is 5.95. The fourth-order valence-corrected chi connectivity index (χ4v) is 5.42. The number of anilines is 1. The van der Waals surface area contributed by atoms with Crippen LogP contribution in [0.5, 0.6) is 0 Å². The minimum Gasteiger partial charge on any atom is -0.341 e. The Morgan fingerprint density at radius 3 is 2.55 bits per heavy atom. The maximum atomic E-state index is 12.9. The molecule has 0 radical (unpaired) electrons. The maximum absolute atomic E-state index is 12.9. The van der Waals surface area contributed by atoms with Crippen LogP contribution in [0, 0.1) is 6.92 Å². The molecule has 7 nitrogen and oxygen atoms in total. The third-order valence-electron chi connectivity index (χ3n) is 7.28. The number of hydrogen-bond donors (Lipinski definition) is 0. The molecule has 0 bridgehead atoms. The van der Waals surface area contributed by atoms with Gasteiger partial charge in [0, 0.05) is 43.7 Å². The molecular formula is C26H33N5O2. The van der Waals surface area contributed by atoms with Crippen LogP contribution in [-0.2, 0) is 22.6 Å². The van der Waals surface area contributed by atoms with E-state index in [1.807, 2.05) is 28.0 Å². The fraction of sp³-hybridized carbons (Fsp3) is 0.538. The molecule has 4 heterocycles. The molecule has 2 saturated heterocycles. The third-order valence-corrected chi connectivity index (χ3v) is 7.28. The number of nitrogens with zero attached hydrogens (tertiary/aromatic N) is 5. The minimum absolute atomic E-state index is 0.128. The van der Waals surface area contributed by atoms with Gasteiger partial charge >= 0.3 is 0 Å². The van der Waals surface area contributed by atoms with Crippen LogP contribution in [0.25, 0.3) is 0 Å². The van der Waals surface area contributed by atoms with Crippen molar-refractivity contribution in [3.05, 3.63) is 53.0 Å². The summed E-state index contributed by atoms with van der Waals surface area (Å²) in [5.74, 6) is 2.02. The van der Waals surface area contributed by atoms with Crippen LogP contribution in [0.3, 0.4) is 0 Å². The molecule has 1 aromatic heterocycles. The van der Waals surface area contributed by atoms with Gasteiger partial charge < -0.3 is 4.90 Å². The Labute approximate surface area is 195 Å². The molecule has 33 heavy (non-hydrogen) atoms. The molecule has 0 saturated carbocycles. The molecule has 1 unspecified atom stereocenters. The quantitative estimate of drug-likeness (QED) is 0.679. The number of aromatic nitrogens is 2. The number of hydrogen-bond acceptors (Lipinski definition) is 5. The van der Waals surface area contributed by atoms with Crippen molar-refractivity contribution in [3.8, 4) is 0 Å². The Kier molecular flexibility index (Phi) is 6.40. The molecule has 5 rings (SSSR count). The van der Waals surface area contributed by atoms with Gasteiger partial charge in [-0.05, 0) is 44.7 Å². The van der Waals surface area contributed by atoms with E-state index in [-0.39, 0.29) is 17.9 Å². The van der Waals surface area contributed by atoms with Crippen molar-refractivity contribution in [1.29, 1.82) is 0 Å². The molecule has 174 valence electrons. The lowest BCUT2D eigenvalue weighted by atomic mass is 9.99. The van der Waals surface area contributed by atoms with E-state index in [0.29, 0.717) is 25.8 Å². The average molecular weight is 448 g/mol. The number of fused-ring (bicyclic) bond motifs is 1. The van der Waals surface area contributed by atoms with Gasteiger partial charge in [-0.1, -0.05) is 36.8 Å². The smallest absolute Gasteiger partial charge is 0.228 e. The monoisotopic (exact) mass is 447 g/mol. The zero-order chi connectivity index (χ0) is 22.8. The summed E-state index contributed by atoms with van der Waals surface area (Å²) < 4.78 is 0. The Morgan fingerprint density at radius 2 is 1.76 bits per heavy atom. The average Bonchev–Trinajstić information content (AvgIpc) is 3.25. The second-order valence-electron chi connectivity index (χ2n) is 9.47. The van der Waals surface area contributed by atoms with Gasteiger partial charge in [-0.2, -0.15) is 0 Å². The lowest BCUT2D eigenvalue weighted by Crippen LogP contribution is -2.41. The van der Waals surface area contributed by atoms with Crippen molar-refractivity contribution in [2.75, 3.05) is 31.1 Å². The number of amides is 2. The highest BCUT2D eigenvalue weighted by Gasteiger charge is 2.32. The van der Waals surface area contributed by atoms with E-state index in [1.54, 1.807) is 0 Å². The summed E-state index contributed by atoms with van der Waals surface area (Å²) in [7, 11) is 0. The van der Waals surface area contributed by atoms with Gasteiger partial charge in [-0.15, -0.1) is 0 Å². The predicted octanol–water partition coefficient (Wildman–Crippen LogP) is 3.41. The Balaban J connectivity index is 1.41. The van der Waals surface area contributed by atoms with Crippen molar-refractivity contribution in [2.45, 2.75) is 64.5 Å². The van der Waals surface area contributed by atoms with Gasteiger partial charge in [0.25, 0.3) is 0 Å². The van der Waals surface area contributed by atoms with Crippen molar-refractivity contribution in [2.24, 2.45) is 0 Å². The minimum atomic E-state index is 0.128. The Hall–Kier alpha value is -2.80. The molecule has 1 atom stereocenters. The number of piperidine rings is 1. The van der Waals surface area contributed by atoms with E-state index >= 15 is 0 Å². The highest BCUT2D eigenvalue weighted by Crippen LogP contribution is 2.34. The van der Waals surface area contributed by atoms with Crippen molar-refractivity contribution >= 4 is 17.6 Å². The predicted molar refractivity (Wildman–Crippen MR) is 127 cm³/mol. The van der Waals surface area contributed by atoms with E-state index < -0.39 is 0 Å². The number of carbonyl (C=O) groups excluding carboxylic acids is 2. The molecule has 0 aliphatic carbocycles. The summed E-state index contributed by atoms with van der Waals surface area (Å²) in [5.41, 5.74) is 3.19. The first-order chi connectivity index (χ1) is 16.1. The molecular weight excluding hydrogens is 414 g/mol. The number of carbonyl (C=O) groups is 2. The SMILES string of the molecule is Cc1nc(C2CCCCN2CCN2CCCC2=O)nc2c1CCC(=O)N2Cc1ccccc1. The van der Waals surface area contributed by atoms with Crippen molar-refractivity contribution in [3.63, 3.8) is 0 Å². The third kappa shape index (κ3) is 4.64. The Morgan fingerprint density at radius 1 is 0.909 bits per heavy atom. The zero-order valence-corrected chi connectivity index (χ0v) is 19.5. The molecule has 0 N–H and O–H groups in total. The molecule has 2 aromatic rings. The maximum Gasteiger partial charge on any atom is 0.228 e. The van der Waals surface area contributed by atoms with E-state index in [2.05, 4.69) is 24.0 Å². The normalized spacial score (nSPS) is 21.5. The molecule has 2 fully saturated rings. The second kappa shape index (κ2) is 9.59. The first kappa shape index (κ1) is 22.0. The second-order valence-corrected chi connectivity index (χ2v) is 9.47. The van der Waals surface area contributed by atoms with E-state index in [9.17, 15) is 9.59 Å². The van der Waals surface area contributed by atoms with Gasteiger partial charge in [-0.25, -0.2) is 9.97 Å². The van der Waals surface area contributed by atoms with E-state index in [4.69, 9.17) is 9.97 Å². The van der Waals surface area contributed by atoms with E-state index in [1.165, 1.54) is 0 Å². The number of benzene rings is 1. The van der Waals surface area contributed by atoms with Crippen LogP contribution < -0.4 is 4.90 Å². The summed E-state index contributed by atoms with van der Waals surface area (Å²) in [6.45, 7) is 6.09. The lowest BCUT2D eigenvalue weighted by Gasteiger charge is -2.37. The van der Waals surface area contributed by atoms with Crippen LogP contribution in [0.2, 0.25) is 0 Å². The highest BCUT2D eigenvalue weighted by atomic mass is 16.2. The molecule has 7 heteroatoms. The number of aryl methyl sites for hydroxylation is 1. The van der Waals surface area contributed by atoms with Gasteiger partial charge in [0.1, 0.15) is 11.6 Å². The summed E-state index contributed by atoms with van der Waals surface area (Å²) in [4.78, 5) is 41.3. The summed E-state index contributed by atoms with van der Waals surface area (Å²) in [5, 5.41) is 0. The molecule has 0 spiro atoms. The van der Waals surface area contributed by atoms with Crippen molar-refractivity contribution in [1.82, 2.24) is 19.8 Å². The fourth-order valence-electron chi connectivity index (χ4n) is 5.42. The zero-order valence-electron chi connectivity index (χ0n) is 19.5. The van der Waals surface area contributed by atoms with Crippen LogP contribution in [0.4, 0.5) is 5.82 Å². The Bertz CT molecular complexity index is 1020. The molecule has 2 amide bonds. The van der Waals surface area contributed by atoms with Crippen molar-refractivity contribution < 1.29 is 9.59 Å². The summed E-state index contributed by atoms with van der Waals surface area (Å²) in [6, 6.07) is 10.3. The standard InChI is InChI=1S/C26H33N5O2/c1-19-21-12-13-24(33)31(18-20-8-3-2-4-9-20)26(21)28-25(27-19)22-10-5-6-14-29(22)16-17-30-15-7-11-23(30)32/h2-4,8-9,22H,5-7,10-18H2,1H3. The number of likely N-dealkylation sites (tertiary alicyclic amines) is 2. The van der Waals surface area contributed by atoms with Gasteiger partial charge in [-0.3, -0.25) is 19.4 Å². The van der Waals surface area contributed by atoms with Gasteiger partial charge in [0.05, 0.1) is 12.6 Å². The largest absolute Gasteiger partial charge is 0.341 e. The lowest BCUT2D eigenvalue weighted by molar-refractivity contribution is -0.128. The van der Waals surface area contributed by atoms with Crippen LogP contribution in [0.1, 0.15) is 67.2 Å². The van der Waals surface area contributed by atoms with Crippen LogP contribution >= 0.6 is 0 Å². The summed E-state index contributed by atoms with van der Waals surface area (Å²) >= 11 is 0.